The van der Waals surface area contributed by atoms with Gasteiger partial charge in [0, 0.05) is 43.7 Å². The van der Waals surface area contributed by atoms with Crippen LogP contribution >= 0.6 is 0 Å². The van der Waals surface area contributed by atoms with Crippen molar-refractivity contribution in [2.75, 3.05) is 14.1 Å². The summed E-state index contributed by atoms with van der Waals surface area (Å²) >= 11 is 0. The summed E-state index contributed by atoms with van der Waals surface area (Å²) in [5.41, 5.74) is -0.324. The summed E-state index contributed by atoms with van der Waals surface area (Å²) in [7, 11) is 3.24. The minimum atomic E-state index is -4.66. The molecule has 0 aliphatic carbocycles. The van der Waals surface area contributed by atoms with Crippen molar-refractivity contribution in [2.45, 2.75) is 6.18 Å². The van der Waals surface area contributed by atoms with E-state index in [2.05, 4.69) is 15.0 Å². The number of halogens is 3. The molecule has 2 aromatic heterocycles. The maximum atomic E-state index is 13.2. The highest BCUT2D eigenvalue weighted by Crippen LogP contribution is 2.32. The van der Waals surface area contributed by atoms with E-state index in [0.717, 1.165) is 6.07 Å². The van der Waals surface area contributed by atoms with Gasteiger partial charge in [-0.05, 0) is 36.4 Å². The number of alkyl halides is 3. The van der Waals surface area contributed by atoms with Gasteiger partial charge in [0.25, 0.3) is 5.91 Å². The third-order valence-electron chi connectivity index (χ3n) is 3.66. The number of rotatable bonds is 4. The highest BCUT2D eigenvalue weighted by molar-refractivity contribution is 5.93. The number of nitrogens with zero attached hydrogens (tertiary/aromatic N) is 4. The summed E-state index contributed by atoms with van der Waals surface area (Å²) in [6, 6.07) is 9.74. The average Bonchev–Trinajstić information content (AvgIpc) is 2.68. The molecular formula is C19H15F3N4O2. The second kappa shape index (κ2) is 7.63. The Hall–Kier alpha value is -3.49. The lowest BCUT2D eigenvalue weighted by molar-refractivity contribution is -0.141. The first-order valence-electron chi connectivity index (χ1n) is 8.10. The van der Waals surface area contributed by atoms with E-state index in [1.54, 1.807) is 14.1 Å². The summed E-state index contributed by atoms with van der Waals surface area (Å²) in [5, 5.41) is 0. The molecule has 9 heteroatoms. The second-order valence-electron chi connectivity index (χ2n) is 5.97. The van der Waals surface area contributed by atoms with E-state index in [9.17, 15) is 18.0 Å². The monoisotopic (exact) mass is 388 g/mol. The second-order valence-corrected chi connectivity index (χ2v) is 5.97. The van der Waals surface area contributed by atoms with Crippen molar-refractivity contribution in [1.82, 2.24) is 19.9 Å². The normalized spacial score (nSPS) is 11.2. The fraction of sp³-hybridized carbons (Fsp3) is 0.158. The lowest BCUT2D eigenvalue weighted by atomic mass is 10.2. The van der Waals surface area contributed by atoms with Crippen LogP contribution in [-0.4, -0.2) is 39.9 Å². The summed E-state index contributed by atoms with van der Waals surface area (Å²) in [6.45, 7) is 0. The Morgan fingerprint density at radius 2 is 1.64 bits per heavy atom. The first kappa shape index (κ1) is 19.3. The van der Waals surface area contributed by atoms with Gasteiger partial charge in [-0.3, -0.25) is 9.78 Å². The van der Waals surface area contributed by atoms with E-state index < -0.39 is 11.9 Å². The summed E-state index contributed by atoms with van der Waals surface area (Å²) < 4.78 is 45.1. The van der Waals surface area contributed by atoms with E-state index in [-0.39, 0.29) is 23.4 Å². The van der Waals surface area contributed by atoms with Gasteiger partial charge in [-0.1, -0.05) is 0 Å². The molecule has 0 bridgehead atoms. The van der Waals surface area contributed by atoms with E-state index >= 15 is 0 Å². The molecule has 0 saturated carbocycles. The number of carbonyl (C=O) groups is 1. The zero-order valence-electron chi connectivity index (χ0n) is 14.9. The van der Waals surface area contributed by atoms with Crippen LogP contribution in [0, 0.1) is 0 Å². The van der Waals surface area contributed by atoms with Crippen molar-refractivity contribution in [1.29, 1.82) is 0 Å². The van der Waals surface area contributed by atoms with Gasteiger partial charge in [-0.25, -0.2) is 4.98 Å². The molecule has 0 unspecified atom stereocenters. The SMILES string of the molecule is CN(C)C(=O)c1ccc(Oc2cc(C(F)(F)F)nc(-c3ccncc3)n2)cc1. The van der Waals surface area contributed by atoms with Gasteiger partial charge < -0.3 is 9.64 Å². The molecule has 3 aromatic rings. The third-order valence-corrected chi connectivity index (χ3v) is 3.66. The van der Waals surface area contributed by atoms with Crippen LogP contribution in [0.2, 0.25) is 0 Å². The minimum absolute atomic E-state index is 0.133. The van der Waals surface area contributed by atoms with Crippen molar-refractivity contribution in [3.05, 3.63) is 66.1 Å². The lowest BCUT2D eigenvalue weighted by Crippen LogP contribution is -2.21. The molecule has 0 atom stereocenters. The van der Waals surface area contributed by atoms with Gasteiger partial charge in [-0.2, -0.15) is 18.2 Å². The number of aromatic nitrogens is 3. The molecule has 1 aromatic carbocycles. The third kappa shape index (κ3) is 4.43. The highest BCUT2D eigenvalue weighted by Gasteiger charge is 2.34. The van der Waals surface area contributed by atoms with E-state index in [4.69, 9.17) is 4.74 Å². The Bertz CT molecular complexity index is 975. The standard InChI is InChI=1S/C19H15F3N4O2/c1-26(2)18(27)13-3-5-14(6-4-13)28-16-11-15(19(20,21)22)24-17(25-16)12-7-9-23-10-8-12/h3-11H,1-2H3. The molecule has 0 fully saturated rings. The predicted molar refractivity (Wildman–Crippen MR) is 94.8 cm³/mol. The first-order chi connectivity index (χ1) is 13.2. The fourth-order valence-electron chi connectivity index (χ4n) is 2.30. The van der Waals surface area contributed by atoms with E-state index in [0.29, 0.717) is 11.1 Å². The number of benzene rings is 1. The van der Waals surface area contributed by atoms with Crippen LogP contribution in [0.25, 0.3) is 11.4 Å². The molecule has 0 saturated heterocycles. The quantitative estimate of drug-likeness (QED) is 0.675. The fourth-order valence-corrected chi connectivity index (χ4v) is 2.30. The molecule has 1 amide bonds. The summed E-state index contributed by atoms with van der Waals surface area (Å²) in [5.74, 6) is -0.358. The van der Waals surface area contributed by atoms with Gasteiger partial charge >= 0.3 is 6.18 Å². The van der Waals surface area contributed by atoms with Crippen LogP contribution in [0.15, 0.2) is 54.9 Å². The van der Waals surface area contributed by atoms with Crippen molar-refractivity contribution in [2.24, 2.45) is 0 Å². The van der Waals surface area contributed by atoms with Crippen molar-refractivity contribution >= 4 is 5.91 Å². The number of pyridine rings is 1. The molecule has 3 rings (SSSR count). The highest BCUT2D eigenvalue weighted by atomic mass is 19.4. The molecule has 0 aliphatic rings. The number of hydrogen-bond acceptors (Lipinski definition) is 5. The summed E-state index contributed by atoms with van der Waals surface area (Å²) in [6.07, 6.45) is -1.80. The Labute approximate surface area is 158 Å². The topological polar surface area (TPSA) is 68.2 Å². The van der Waals surface area contributed by atoms with Crippen LogP contribution in [-0.2, 0) is 6.18 Å². The Kier molecular flexibility index (Phi) is 5.25. The van der Waals surface area contributed by atoms with Crippen LogP contribution in [0.3, 0.4) is 0 Å². The van der Waals surface area contributed by atoms with Gasteiger partial charge in [0.2, 0.25) is 5.88 Å². The van der Waals surface area contributed by atoms with Crippen molar-refractivity contribution < 1.29 is 22.7 Å². The van der Waals surface area contributed by atoms with Crippen LogP contribution < -0.4 is 4.74 Å². The summed E-state index contributed by atoms with van der Waals surface area (Å²) in [4.78, 5) is 24.8. The van der Waals surface area contributed by atoms with Crippen LogP contribution in [0.4, 0.5) is 13.2 Å². The number of ether oxygens (including phenoxy) is 1. The molecule has 28 heavy (non-hydrogen) atoms. The molecule has 6 nitrogen and oxygen atoms in total. The molecule has 0 spiro atoms. The van der Waals surface area contributed by atoms with E-state index in [1.807, 2.05) is 0 Å². The first-order valence-corrected chi connectivity index (χ1v) is 8.10. The van der Waals surface area contributed by atoms with Crippen molar-refractivity contribution in [3.8, 4) is 23.0 Å². The molecule has 144 valence electrons. The Balaban J connectivity index is 1.94. The van der Waals surface area contributed by atoms with Gasteiger partial charge in [-0.15, -0.1) is 0 Å². The molecule has 0 aliphatic heterocycles. The smallest absolute Gasteiger partial charge is 0.433 e. The number of carbonyl (C=O) groups excluding carboxylic acids is 1. The average molecular weight is 388 g/mol. The van der Waals surface area contributed by atoms with Crippen molar-refractivity contribution in [3.63, 3.8) is 0 Å². The molecule has 2 heterocycles. The zero-order chi connectivity index (χ0) is 20.3. The predicted octanol–water partition coefficient (Wildman–Crippen LogP) is 4.05. The maximum absolute atomic E-state index is 13.2. The van der Waals surface area contributed by atoms with Gasteiger partial charge in [0.15, 0.2) is 11.5 Å². The molecule has 0 radical (unpaired) electrons. The van der Waals surface area contributed by atoms with Crippen LogP contribution in [0.5, 0.6) is 11.6 Å². The Morgan fingerprint density at radius 1 is 1.00 bits per heavy atom. The number of amides is 1. The Morgan fingerprint density at radius 3 is 2.21 bits per heavy atom. The van der Waals surface area contributed by atoms with E-state index in [1.165, 1.54) is 53.7 Å². The van der Waals surface area contributed by atoms with Crippen LogP contribution in [0.1, 0.15) is 16.1 Å². The minimum Gasteiger partial charge on any atom is -0.439 e. The maximum Gasteiger partial charge on any atom is 0.433 e. The molecule has 0 N–H and O–H groups in total. The molecular weight excluding hydrogens is 373 g/mol. The number of hydrogen-bond donors (Lipinski definition) is 0. The largest absolute Gasteiger partial charge is 0.439 e. The lowest BCUT2D eigenvalue weighted by Gasteiger charge is -2.12. The zero-order valence-corrected chi connectivity index (χ0v) is 14.9. The van der Waals surface area contributed by atoms with Gasteiger partial charge in [0.05, 0.1) is 0 Å². The van der Waals surface area contributed by atoms with Gasteiger partial charge in [0.1, 0.15) is 5.75 Å².